The summed E-state index contributed by atoms with van der Waals surface area (Å²) >= 11 is 0. The summed E-state index contributed by atoms with van der Waals surface area (Å²) in [5.74, 6) is -1.39. The Morgan fingerprint density at radius 2 is 2.00 bits per heavy atom. The largest absolute Gasteiger partial charge is 0.467 e. The third kappa shape index (κ3) is 3.77. The third-order valence-electron chi connectivity index (χ3n) is 4.58. The van der Waals surface area contributed by atoms with Crippen LogP contribution >= 0.6 is 0 Å². The van der Waals surface area contributed by atoms with E-state index in [2.05, 4.69) is 5.32 Å². The first kappa shape index (κ1) is 17.7. The van der Waals surface area contributed by atoms with Crippen molar-refractivity contribution < 1.29 is 28.5 Å². The smallest absolute Gasteiger partial charge is 0.408 e. The summed E-state index contributed by atoms with van der Waals surface area (Å²) in [5, 5.41) is 2.67. The van der Waals surface area contributed by atoms with Crippen molar-refractivity contribution >= 4 is 12.1 Å². The Labute approximate surface area is 146 Å². The molecular weight excluding hydrogens is 326 g/mol. The van der Waals surface area contributed by atoms with E-state index in [0.29, 0.717) is 13.0 Å². The number of methoxy groups -OCH3 is 1. The summed E-state index contributed by atoms with van der Waals surface area (Å²) in [7, 11) is 1.30. The molecule has 0 spiro atoms. The molecule has 1 N–H and O–H groups in total. The Morgan fingerprint density at radius 1 is 1.28 bits per heavy atom. The van der Waals surface area contributed by atoms with Crippen LogP contribution in [0.4, 0.5) is 4.79 Å². The molecule has 1 aliphatic carbocycles. The number of ether oxygens (including phenoxy) is 4. The Kier molecular flexibility index (Phi) is 4.71. The highest BCUT2D eigenvalue weighted by molar-refractivity contribution is 5.89. The number of esters is 1. The van der Waals surface area contributed by atoms with Crippen LogP contribution in [0.2, 0.25) is 0 Å². The van der Waals surface area contributed by atoms with E-state index in [-0.39, 0.29) is 18.6 Å². The standard InChI is InChI=1S/C18H23NO6/c1-17(2)24-11-14(25-17)13-9-18(13,15(20)22-3)19-16(21)23-10-12-7-5-4-6-8-12/h4-8,13-14H,9-11H2,1-3H3,(H,19,21)/t13-,14+,18-/m0/s1. The van der Waals surface area contributed by atoms with Crippen LogP contribution in [0.1, 0.15) is 25.8 Å². The molecule has 136 valence electrons. The molecule has 1 amide bonds. The van der Waals surface area contributed by atoms with Gasteiger partial charge in [0, 0.05) is 5.92 Å². The summed E-state index contributed by atoms with van der Waals surface area (Å²) in [6, 6.07) is 9.32. The fourth-order valence-electron chi connectivity index (χ4n) is 3.20. The first-order chi connectivity index (χ1) is 11.9. The first-order valence-electron chi connectivity index (χ1n) is 8.25. The van der Waals surface area contributed by atoms with E-state index >= 15 is 0 Å². The Hall–Kier alpha value is -2.12. The molecule has 0 bridgehead atoms. The van der Waals surface area contributed by atoms with Gasteiger partial charge in [0.15, 0.2) is 5.79 Å². The van der Waals surface area contributed by atoms with E-state index < -0.39 is 23.4 Å². The van der Waals surface area contributed by atoms with Gasteiger partial charge in [-0.2, -0.15) is 0 Å². The molecule has 25 heavy (non-hydrogen) atoms. The molecule has 2 aliphatic rings. The third-order valence-corrected chi connectivity index (χ3v) is 4.58. The van der Waals surface area contributed by atoms with E-state index in [1.807, 2.05) is 44.2 Å². The number of hydrogen-bond donors (Lipinski definition) is 1. The zero-order chi connectivity index (χ0) is 18.1. The molecule has 7 nitrogen and oxygen atoms in total. The summed E-state index contributed by atoms with van der Waals surface area (Å²) < 4.78 is 21.5. The molecule has 1 saturated heterocycles. The summed E-state index contributed by atoms with van der Waals surface area (Å²) in [6.45, 7) is 4.13. The highest BCUT2D eigenvalue weighted by Crippen LogP contribution is 2.50. The molecule has 0 unspecified atom stereocenters. The summed E-state index contributed by atoms with van der Waals surface area (Å²) in [4.78, 5) is 24.4. The average molecular weight is 349 g/mol. The topological polar surface area (TPSA) is 83.1 Å². The van der Waals surface area contributed by atoms with Gasteiger partial charge in [-0.25, -0.2) is 9.59 Å². The van der Waals surface area contributed by atoms with Gasteiger partial charge in [0.2, 0.25) is 0 Å². The van der Waals surface area contributed by atoms with Crippen molar-refractivity contribution in [2.45, 2.75) is 44.3 Å². The lowest BCUT2D eigenvalue weighted by Crippen LogP contribution is -2.47. The maximum Gasteiger partial charge on any atom is 0.408 e. The van der Waals surface area contributed by atoms with Gasteiger partial charge in [-0.3, -0.25) is 0 Å². The molecule has 0 aromatic heterocycles. The fraction of sp³-hybridized carbons (Fsp3) is 0.556. The Bertz CT molecular complexity index is 646. The van der Waals surface area contributed by atoms with Crippen molar-refractivity contribution in [1.29, 1.82) is 0 Å². The molecule has 1 saturated carbocycles. The average Bonchev–Trinajstić information content (AvgIpc) is 3.20. The number of nitrogens with one attached hydrogen (secondary N) is 1. The lowest BCUT2D eigenvalue weighted by Gasteiger charge is -2.20. The number of carbonyl (C=O) groups is 2. The highest BCUT2D eigenvalue weighted by Gasteiger charge is 2.67. The maximum absolute atomic E-state index is 12.2. The SMILES string of the molecule is COC(=O)[C@]1(NC(=O)OCc2ccccc2)C[C@H]1[C@H]1COC(C)(C)O1. The van der Waals surface area contributed by atoms with Gasteiger partial charge < -0.3 is 24.3 Å². The monoisotopic (exact) mass is 349 g/mol. The van der Waals surface area contributed by atoms with Crippen LogP contribution < -0.4 is 5.32 Å². The van der Waals surface area contributed by atoms with Crippen LogP contribution in [0.5, 0.6) is 0 Å². The van der Waals surface area contributed by atoms with Gasteiger partial charge in [0.1, 0.15) is 12.1 Å². The van der Waals surface area contributed by atoms with E-state index in [0.717, 1.165) is 5.56 Å². The summed E-state index contributed by atoms with van der Waals surface area (Å²) in [6.07, 6.45) is -0.497. The zero-order valence-corrected chi connectivity index (χ0v) is 14.6. The van der Waals surface area contributed by atoms with Crippen molar-refractivity contribution in [2.24, 2.45) is 5.92 Å². The van der Waals surface area contributed by atoms with Gasteiger partial charge in [0.05, 0.1) is 19.8 Å². The van der Waals surface area contributed by atoms with Crippen LogP contribution in [-0.4, -0.2) is 43.2 Å². The summed E-state index contributed by atoms with van der Waals surface area (Å²) in [5.41, 5.74) is -0.247. The van der Waals surface area contributed by atoms with E-state index in [4.69, 9.17) is 18.9 Å². The minimum atomic E-state index is -1.11. The Balaban J connectivity index is 1.61. The van der Waals surface area contributed by atoms with E-state index in [1.54, 1.807) is 0 Å². The van der Waals surface area contributed by atoms with Gasteiger partial charge in [-0.1, -0.05) is 30.3 Å². The van der Waals surface area contributed by atoms with Crippen molar-refractivity contribution in [3.63, 3.8) is 0 Å². The van der Waals surface area contributed by atoms with Crippen LogP contribution in [-0.2, 0) is 30.3 Å². The lowest BCUT2D eigenvalue weighted by molar-refractivity contribution is -0.149. The van der Waals surface area contributed by atoms with Crippen molar-refractivity contribution in [1.82, 2.24) is 5.32 Å². The predicted octanol–water partition coefficient (Wildman–Crippen LogP) is 2.00. The van der Waals surface area contributed by atoms with Gasteiger partial charge >= 0.3 is 12.1 Å². The maximum atomic E-state index is 12.2. The predicted molar refractivity (Wildman–Crippen MR) is 87.5 cm³/mol. The highest BCUT2D eigenvalue weighted by atomic mass is 16.7. The zero-order valence-electron chi connectivity index (χ0n) is 14.6. The van der Waals surface area contributed by atoms with E-state index in [1.165, 1.54) is 7.11 Å². The quantitative estimate of drug-likeness (QED) is 0.819. The normalized spacial score (nSPS) is 29.7. The lowest BCUT2D eigenvalue weighted by atomic mass is 10.1. The minimum absolute atomic E-state index is 0.130. The molecule has 1 aromatic rings. The molecule has 3 atom stereocenters. The van der Waals surface area contributed by atoms with Crippen LogP contribution in [0.15, 0.2) is 30.3 Å². The second-order valence-corrected chi connectivity index (χ2v) is 6.83. The second-order valence-electron chi connectivity index (χ2n) is 6.83. The van der Waals surface area contributed by atoms with Crippen LogP contribution in [0.25, 0.3) is 0 Å². The number of benzene rings is 1. The number of carbonyl (C=O) groups excluding carboxylic acids is 2. The fourth-order valence-corrected chi connectivity index (χ4v) is 3.20. The van der Waals surface area contributed by atoms with Crippen molar-refractivity contribution in [3.8, 4) is 0 Å². The molecule has 2 fully saturated rings. The van der Waals surface area contributed by atoms with Crippen LogP contribution in [0, 0.1) is 5.92 Å². The molecule has 1 aromatic carbocycles. The molecule has 1 aliphatic heterocycles. The first-order valence-corrected chi connectivity index (χ1v) is 8.25. The minimum Gasteiger partial charge on any atom is -0.467 e. The molecular formula is C18H23NO6. The molecule has 0 radical (unpaired) electrons. The molecule has 1 heterocycles. The van der Waals surface area contributed by atoms with Crippen molar-refractivity contribution in [3.05, 3.63) is 35.9 Å². The van der Waals surface area contributed by atoms with Crippen molar-refractivity contribution in [2.75, 3.05) is 13.7 Å². The number of amides is 1. The number of rotatable bonds is 5. The van der Waals surface area contributed by atoms with Gasteiger partial charge in [-0.05, 0) is 25.8 Å². The molecule has 7 heteroatoms. The van der Waals surface area contributed by atoms with E-state index in [9.17, 15) is 9.59 Å². The second kappa shape index (κ2) is 6.65. The number of alkyl carbamates (subject to hydrolysis) is 1. The van der Waals surface area contributed by atoms with Crippen LogP contribution in [0.3, 0.4) is 0 Å². The Morgan fingerprint density at radius 3 is 2.60 bits per heavy atom. The molecule has 3 rings (SSSR count). The van der Waals surface area contributed by atoms with Gasteiger partial charge in [-0.15, -0.1) is 0 Å². The number of hydrogen-bond acceptors (Lipinski definition) is 6. The van der Waals surface area contributed by atoms with Gasteiger partial charge in [0.25, 0.3) is 0 Å².